The minimum absolute atomic E-state index is 0.270. The van der Waals surface area contributed by atoms with Crippen LogP contribution in [0.1, 0.15) is 40.5 Å². The van der Waals surface area contributed by atoms with Crippen molar-refractivity contribution in [3.8, 4) is 0 Å². The van der Waals surface area contributed by atoms with Crippen LogP contribution in [0.4, 0.5) is 0 Å². The number of rotatable bonds is 8. The molecular weight excluding hydrogens is 236 g/mol. The van der Waals surface area contributed by atoms with Gasteiger partial charge in [0.1, 0.15) is 0 Å². The predicted octanol–water partition coefficient (Wildman–Crippen LogP) is 1.43. The van der Waals surface area contributed by atoms with Crippen molar-refractivity contribution in [1.29, 1.82) is 0 Å². The zero-order valence-electron chi connectivity index (χ0n) is 11.4. The SMILES string of the molecule is CCNCC(C)S(=O)(=O)N(CC(C)C)C1CC1. The Balaban J connectivity index is 2.69. The van der Waals surface area contributed by atoms with Crippen molar-refractivity contribution < 1.29 is 8.42 Å². The number of nitrogens with one attached hydrogen (secondary N) is 1. The Hall–Kier alpha value is -0.130. The van der Waals surface area contributed by atoms with Gasteiger partial charge in [-0.25, -0.2) is 8.42 Å². The van der Waals surface area contributed by atoms with Gasteiger partial charge >= 0.3 is 0 Å². The van der Waals surface area contributed by atoms with Crippen LogP contribution in [0.5, 0.6) is 0 Å². The van der Waals surface area contributed by atoms with Gasteiger partial charge in [0, 0.05) is 19.1 Å². The Morgan fingerprint density at radius 1 is 1.29 bits per heavy atom. The van der Waals surface area contributed by atoms with Crippen molar-refractivity contribution in [2.75, 3.05) is 19.6 Å². The summed E-state index contributed by atoms with van der Waals surface area (Å²) < 4.78 is 26.6. The lowest BCUT2D eigenvalue weighted by Crippen LogP contribution is -2.44. The molecule has 17 heavy (non-hydrogen) atoms. The number of nitrogens with zero attached hydrogens (tertiary/aromatic N) is 1. The molecule has 5 heteroatoms. The number of hydrogen-bond acceptors (Lipinski definition) is 3. The molecule has 0 saturated heterocycles. The maximum absolute atomic E-state index is 12.4. The summed E-state index contributed by atoms with van der Waals surface area (Å²) in [7, 11) is -3.13. The van der Waals surface area contributed by atoms with Gasteiger partial charge in [0.25, 0.3) is 0 Å². The molecule has 1 unspecified atom stereocenters. The van der Waals surface area contributed by atoms with Crippen LogP contribution in [0.15, 0.2) is 0 Å². The van der Waals surface area contributed by atoms with E-state index in [4.69, 9.17) is 0 Å². The molecule has 0 aromatic heterocycles. The minimum atomic E-state index is -3.13. The quantitative estimate of drug-likeness (QED) is 0.720. The summed E-state index contributed by atoms with van der Waals surface area (Å²) in [6.07, 6.45) is 2.06. The molecule has 1 fully saturated rings. The van der Waals surface area contributed by atoms with Crippen LogP contribution in [0, 0.1) is 5.92 Å². The van der Waals surface area contributed by atoms with E-state index in [2.05, 4.69) is 19.2 Å². The van der Waals surface area contributed by atoms with Crippen LogP contribution in [0.2, 0.25) is 0 Å². The minimum Gasteiger partial charge on any atom is -0.316 e. The molecule has 1 aliphatic carbocycles. The zero-order chi connectivity index (χ0) is 13.1. The summed E-state index contributed by atoms with van der Waals surface area (Å²) in [6, 6.07) is 0.270. The molecule has 1 atom stereocenters. The molecule has 0 bridgehead atoms. The Labute approximate surface area is 106 Å². The van der Waals surface area contributed by atoms with E-state index in [9.17, 15) is 8.42 Å². The summed E-state index contributed by atoms with van der Waals surface area (Å²) in [5.74, 6) is 0.386. The molecule has 0 amide bonds. The summed E-state index contributed by atoms with van der Waals surface area (Å²) in [5.41, 5.74) is 0. The van der Waals surface area contributed by atoms with E-state index in [-0.39, 0.29) is 11.3 Å². The fourth-order valence-electron chi connectivity index (χ4n) is 1.87. The molecular formula is C12H26N2O2S. The van der Waals surface area contributed by atoms with Crippen molar-refractivity contribution >= 4 is 10.0 Å². The zero-order valence-corrected chi connectivity index (χ0v) is 12.3. The third kappa shape index (κ3) is 4.23. The first-order chi connectivity index (χ1) is 7.89. The highest BCUT2D eigenvalue weighted by molar-refractivity contribution is 7.89. The second-order valence-electron chi connectivity index (χ2n) is 5.36. The topological polar surface area (TPSA) is 49.4 Å². The molecule has 1 saturated carbocycles. The Kier molecular flexibility index (Phi) is 5.41. The van der Waals surface area contributed by atoms with Gasteiger partial charge in [-0.3, -0.25) is 0 Å². The van der Waals surface area contributed by atoms with Crippen LogP contribution in [0.3, 0.4) is 0 Å². The molecule has 0 aromatic rings. The van der Waals surface area contributed by atoms with E-state index in [1.54, 1.807) is 11.2 Å². The number of sulfonamides is 1. The molecule has 0 aliphatic heterocycles. The van der Waals surface area contributed by atoms with E-state index in [0.717, 1.165) is 19.4 Å². The van der Waals surface area contributed by atoms with E-state index in [1.165, 1.54) is 0 Å². The lowest BCUT2D eigenvalue weighted by atomic mass is 10.2. The second kappa shape index (κ2) is 6.16. The first kappa shape index (κ1) is 14.9. The van der Waals surface area contributed by atoms with Gasteiger partial charge in [0.05, 0.1) is 5.25 Å². The number of hydrogen-bond donors (Lipinski definition) is 1. The van der Waals surface area contributed by atoms with Crippen molar-refractivity contribution in [2.24, 2.45) is 5.92 Å². The lowest BCUT2D eigenvalue weighted by Gasteiger charge is -2.27. The van der Waals surface area contributed by atoms with Crippen molar-refractivity contribution in [2.45, 2.75) is 51.8 Å². The molecule has 0 spiro atoms. The second-order valence-corrected chi connectivity index (χ2v) is 7.66. The van der Waals surface area contributed by atoms with Gasteiger partial charge in [-0.1, -0.05) is 20.8 Å². The summed E-state index contributed by atoms with van der Waals surface area (Å²) in [5, 5.41) is 2.78. The molecule has 1 aliphatic rings. The van der Waals surface area contributed by atoms with Gasteiger partial charge in [-0.2, -0.15) is 4.31 Å². The highest BCUT2D eigenvalue weighted by atomic mass is 32.2. The van der Waals surface area contributed by atoms with Gasteiger partial charge < -0.3 is 5.32 Å². The molecule has 0 aromatic carbocycles. The fraction of sp³-hybridized carbons (Fsp3) is 1.00. The first-order valence-electron chi connectivity index (χ1n) is 6.61. The normalized spacial score (nSPS) is 18.9. The predicted molar refractivity (Wildman–Crippen MR) is 71.5 cm³/mol. The molecule has 0 radical (unpaired) electrons. The summed E-state index contributed by atoms with van der Waals surface area (Å²) in [6.45, 7) is 9.94. The smallest absolute Gasteiger partial charge is 0.218 e. The molecule has 1 N–H and O–H groups in total. The Morgan fingerprint density at radius 3 is 2.29 bits per heavy atom. The fourth-order valence-corrected chi connectivity index (χ4v) is 3.79. The highest BCUT2D eigenvalue weighted by Gasteiger charge is 2.39. The molecule has 102 valence electrons. The van der Waals surface area contributed by atoms with Crippen LogP contribution in [0.25, 0.3) is 0 Å². The van der Waals surface area contributed by atoms with Gasteiger partial charge in [-0.15, -0.1) is 0 Å². The highest BCUT2D eigenvalue weighted by Crippen LogP contribution is 2.31. The van der Waals surface area contributed by atoms with Gasteiger partial charge in [0.15, 0.2) is 0 Å². The van der Waals surface area contributed by atoms with Crippen molar-refractivity contribution in [3.05, 3.63) is 0 Å². The summed E-state index contributed by atoms with van der Waals surface area (Å²) in [4.78, 5) is 0. The Morgan fingerprint density at radius 2 is 1.88 bits per heavy atom. The average molecular weight is 262 g/mol. The Bertz CT molecular complexity index is 323. The van der Waals surface area contributed by atoms with E-state index in [1.807, 2.05) is 6.92 Å². The van der Waals surface area contributed by atoms with E-state index in [0.29, 0.717) is 19.0 Å². The molecule has 1 rings (SSSR count). The maximum atomic E-state index is 12.4. The third-order valence-electron chi connectivity index (χ3n) is 3.02. The maximum Gasteiger partial charge on any atom is 0.218 e. The van der Waals surface area contributed by atoms with Crippen molar-refractivity contribution in [1.82, 2.24) is 9.62 Å². The van der Waals surface area contributed by atoms with Crippen LogP contribution in [-0.2, 0) is 10.0 Å². The largest absolute Gasteiger partial charge is 0.316 e. The van der Waals surface area contributed by atoms with Crippen LogP contribution >= 0.6 is 0 Å². The first-order valence-corrected chi connectivity index (χ1v) is 8.11. The lowest BCUT2D eigenvalue weighted by molar-refractivity contribution is 0.355. The van der Waals surface area contributed by atoms with Crippen LogP contribution < -0.4 is 5.32 Å². The summed E-state index contributed by atoms with van der Waals surface area (Å²) >= 11 is 0. The average Bonchev–Trinajstić information content (AvgIpc) is 3.05. The monoisotopic (exact) mass is 262 g/mol. The van der Waals surface area contributed by atoms with Gasteiger partial charge in [0.2, 0.25) is 10.0 Å². The van der Waals surface area contributed by atoms with Gasteiger partial charge in [-0.05, 0) is 32.2 Å². The standard InChI is InChI=1S/C12H26N2O2S/c1-5-13-8-11(4)17(15,16)14(9-10(2)3)12-6-7-12/h10-13H,5-9H2,1-4H3. The van der Waals surface area contributed by atoms with Crippen molar-refractivity contribution in [3.63, 3.8) is 0 Å². The molecule has 0 heterocycles. The molecule has 4 nitrogen and oxygen atoms in total. The van der Waals surface area contributed by atoms with E-state index < -0.39 is 10.0 Å². The van der Waals surface area contributed by atoms with Crippen LogP contribution in [-0.4, -0.2) is 43.6 Å². The third-order valence-corrected chi connectivity index (χ3v) is 5.30. The van der Waals surface area contributed by atoms with E-state index >= 15 is 0 Å².